The van der Waals surface area contributed by atoms with Gasteiger partial charge in [-0.3, -0.25) is 9.89 Å². The van der Waals surface area contributed by atoms with Crippen LogP contribution in [-0.4, -0.2) is 32.4 Å². The van der Waals surface area contributed by atoms with Crippen LogP contribution < -0.4 is 11.1 Å². The Morgan fingerprint density at radius 3 is 2.55 bits per heavy atom. The highest BCUT2D eigenvalue weighted by atomic mass is 16.1. The Morgan fingerprint density at radius 1 is 1.13 bits per heavy atom. The van der Waals surface area contributed by atoms with Gasteiger partial charge in [0.15, 0.2) is 5.82 Å². The molecule has 0 saturated carbocycles. The number of aromatic nitrogens is 4. The second kappa shape index (κ2) is 8.97. The van der Waals surface area contributed by atoms with Crippen LogP contribution in [0.15, 0.2) is 66.9 Å². The number of carbonyl (C=O) groups excluding carboxylic acids is 1. The van der Waals surface area contributed by atoms with Crippen LogP contribution in [0.1, 0.15) is 28.0 Å². The molecule has 4 N–H and O–H groups in total. The summed E-state index contributed by atoms with van der Waals surface area (Å²) in [6.45, 7) is 0.438. The first kappa shape index (κ1) is 19.9. The molecule has 4 aromatic rings. The summed E-state index contributed by atoms with van der Waals surface area (Å²) in [7, 11) is 0. The van der Waals surface area contributed by atoms with Crippen molar-refractivity contribution in [3.8, 4) is 23.0 Å². The molecule has 154 valence electrons. The summed E-state index contributed by atoms with van der Waals surface area (Å²) < 4.78 is 1.71. The molecule has 8 heteroatoms. The van der Waals surface area contributed by atoms with Crippen molar-refractivity contribution < 1.29 is 4.79 Å². The molecule has 1 amide bonds. The lowest BCUT2D eigenvalue weighted by Crippen LogP contribution is -2.25. The number of benzene rings is 2. The van der Waals surface area contributed by atoms with Gasteiger partial charge in [0.05, 0.1) is 16.9 Å². The van der Waals surface area contributed by atoms with E-state index in [1.807, 2.05) is 66.7 Å². The average Bonchev–Trinajstić information content (AvgIpc) is 3.41. The predicted molar refractivity (Wildman–Crippen MR) is 117 cm³/mol. The Kier molecular flexibility index (Phi) is 5.76. The third-order valence-electron chi connectivity index (χ3n) is 4.90. The van der Waals surface area contributed by atoms with Gasteiger partial charge >= 0.3 is 0 Å². The number of hydrogen-bond acceptors (Lipinski definition) is 5. The number of nitrogens with one attached hydrogen (secondary N) is 2. The molecule has 0 bridgehead atoms. The maximum absolute atomic E-state index is 13.0. The first-order valence-electron chi connectivity index (χ1n) is 9.89. The highest BCUT2D eigenvalue weighted by Crippen LogP contribution is 2.23. The maximum Gasteiger partial charge on any atom is 0.255 e. The first-order valence-corrected chi connectivity index (χ1v) is 9.89. The fourth-order valence-electron chi connectivity index (χ4n) is 3.32. The summed E-state index contributed by atoms with van der Waals surface area (Å²) >= 11 is 0. The highest BCUT2D eigenvalue weighted by molar-refractivity contribution is 5.99. The smallest absolute Gasteiger partial charge is 0.255 e. The Labute approximate surface area is 179 Å². The normalized spacial score (nSPS) is 10.5. The van der Waals surface area contributed by atoms with Crippen molar-refractivity contribution >= 4 is 11.7 Å². The molecule has 0 atom stereocenters. The van der Waals surface area contributed by atoms with Crippen LogP contribution in [0.25, 0.3) is 16.9 Å². The number of hydrogen-bond donors (Lipinski definition) is 3. The number of para-hydroxylation sites is 1. The monoisotopic (exact) mass is 411 g/mol. The van der Waals surface area contributed by atoms with Gasteiger partial charge in [0.2, 0.25) is 0 Å². The number of carbonyl (C=O) groups is 1. The lowest BCUT2D eigenvalue weighted by atomic mass is 10.1. The predicted octanol–water partition coefficient (Wildman–Crippen LogP) is 3.08. The zero-order valence-electron chi connectivity index (χ0n) is 16.7. The standard InChI is InChI=1S/C23H21N7O/c24-14-18-20(27-28-22(18)25)12-7-13-26-23(31)19-15-30(17-10-5-2-6-11-17)29-21(19)16-8-3-1-4-9-16/h1-6,8-11,15H,7,12-13H2,(H,26,31)(H3,25,27,28). The summed E-state index contributed by atoms with van der Waals surface area (Å²) in [6, 6.07) is 21.3. The second-order valence-corrected chi connectivity index (χ2v) is 6.97. The molecule has 0 saturated heterocycles. The number of nitriles is 1. The summed E-state index contributed by atoms with van der Waals surface area (Å²) in [5, 5.41) is 23.4. The van der Waals surface area contributed by atoms with E-state index in [2.05, 4.69) is 20.6 Å². The van der Waals surface area contributed by atoms with Crippen molar-refractivity contribution in [3.63, 3.8) is 0 Å². The van der Waals surface area contributed by atoms with Gasteiger partial charge in [0.1, 0.15) is 17.3 Å². The quantitative estimate of drug-likeness (QED) is 0.403. The van der Waals surface area contributed by atoms with Crippen molar-refractivity contribution in [2.75, 3.05) is 12.3 Å². The van der Waals surface area contributed by atoms with Gasteiger partial charge in [-0.15, -0.1) is 0 Å². The molecule has 31 heavy (non-hydrogen) atoms. The molecule has 2 aromatic heterocycles. The van der Waals surface area contributed by atoms with Gasteiger partial charge in [-0.05, 0) is 25.0 Å². The van der Waals surface area contributed by atoms with Crippen LogP contribution in [0, 0.1) is 11.3 Å². The minimum absolute atomic E-state index is 0.197. The minimum atomic E-state index is -0.203. The first-order chi connectivity index (χ1) is 15.2. The second-order valence-electron chi connectivity index (χ2n) is 6.97. The molecule has 0 unspecified atom stereocenters. The molecular formula is C23H21N7O. The number of aromatic amines is 1. The van der Waals surface area contributed by atoms with E-state index < -0.39 is 0 Å². The Balaban J connectivity index is 1.50. The van der Waals surface area contributed by atoms with Gasteiger partial charge in [0.25, 0.3) is 5.91 Å². The molecule has 2 heterocycles. The van der Waals surface area contributed by atoms with Crippen LogP contribution in [0.5, 0.6) is 0 Å². The van der Waals surface area contributed by atoms with Crippen molar-refractivity contribution in [3.05, 3.63) is 83.7 Å². The number of nitrogens with two attached hydrogens (primary N) is 1. The number of anilines is 1. The van der Waals surface area contributed by atoms with Gasteiger partial charge in [-0.2, -0.15) is 15.5 Å². The fourth-order valence-corrected chi connectivity index (χ4v) is 3.32. The molecule has 0 spiro atoms. The van der Waals surface area contributed by atoms with E-state index in [0.29, 0.717) is 41.9 Å². The molecule has 0 aliphatic rings. The van der Waals surface area contributed by atoms with Crippen molar-refractivity contribution in [1.82, 2.24) is 25.3 Å². The summed E-state index contributed by atoms with van der Waals surface area (Å²) in [5.74, 6) is -0.00645. The Hall–Kier alpha value is -4.38. The number of nitrogen functional groups attached to an aromatic ring is 1. The van der Waals surface area contributed by atoms with Gasteiger partial charge in [-0.25, -0.2) is 4.68 Å². The van der Waals surface area contributed by atoms with Crippen LogP contribution in [0.2, 0.25) is 0 Å². The lowest BCUT2D eigenvalue weighted by Gasteiger charge is -2.05. The van der Waals surface area contributed by atoms with Crippen LogP contribution in [0.3, 0.4) is 0 Å². The summed E-state index contributed by atoms with van der Waals surface area (Å²) in [6.07, 6.45) is 2.94. The Bertz CT molecular complexity index is 1220. The van der Waals surface area contributed by atoms with E-state index in [9.17, 15) is 4.79 Å². The molecule has 2 aromatic carbocycles. The topological polar surface area (TPSA) is 125 Å². The zero-order chi connectivity index (χ0) is 21.6. The van der Waals surface area contributed by atoms with Crippen LogP contribution >= 0.6 is 0 Å². The van der Waals surface area contributed by atoms with E-state index in [1.54, 1.807) is 10.9 Å². The van der Waals surface area contributed by atoms with E-state index in [4.69, 9.17) is 11.0 Å². The fraction of sp³-hybridized carbons (Fsp3) is 0.130. The average molecular weight is 411 g/mol. The molecule has 4 rings (SSSR count). The summed E-state index contributed by atoms with van der Waals surface area (Å²) in [5.41, 5.74) is 9.56. The minimum Gasteiger partial charge on any atom is -0.381 e. The number of H-pyrrole nitrogens is 1. The van der Waals surface area contributed by atoms with Gasteiger partial charge in [-0.1, -0.05) is 48.5 Å². The third kappa shape index (κ3) is 4.31. The number of nitrogens with zero attached hydrogens (tertiary/aromatic N) is 4. The highest BCUT2D eigenvalue weighted by Gasteiger charge is 2.18. The number of amides is 1. The van der Waals surface area contributed by atoms with Crippen LogP contribution in [-0.2, 0) is 6.42 Å². The molecule has 0 aliphatic carbocycles. The molecule has 0 fully saturated rings. The van der Waals surface area contributed by atoms with E-state index in [-0.39, 0.29) is 11.7 Å². The maximum atomic E-state index is 13.0. The molecule has 8 nitrogen and oxygen atoms in total. The Morgan fingerprint density at radius 2 is 1.84 bits per heavy atom. The SMILES string of the molecule is N#Cc1c(N)n[nH]c1CCCNC(=O)c1cn(-c2ccccc2)nc1-c1ccccc1. The van der Waals surface area contributed by atoms with Crippen molar-refractivity contribution in [1.29, 1.82) is 5.26 Å². The van der Waals surface area contributed by atoms with E-state index in [1.165, 1.54) is 0 Å². The summed E-state index contributed by atoms with van der Waals surface area (Å²) in [4.78, 5) is 13.0. The molecular weight excluding hydrogens is 390 g/mol. The zero-order valence-corrected chi connectivity index (χ0v) is 16.7. The number of aryl methyl sites for hydroxylation is 1. The third-order valence-corrected chi connectivity index (χ3v) is 4.90. The van der Waals surface area contributed by atoms with Crippen molar-refractivity contribution in [2.24, 2.45) is 0 Å². The van der Waals surface area contributed by atoms with Crippen LogP contribution in [0.4, 0.5) is 5.82 Å². The van der Waals surface area contributed by atoms with Crippen molar-refractivity contribution in [2.45, 2.75) is 12.8 Å². The lowest BCUT2D eigenvalue weighted by molar-refractivity contribution is 0.0954. The molecule has 0 aliphatic heterocycles. The van der Waals surface area contributed by atoms with Gasteiger partial charge in [0, 0.05) is 18.3 Å². The largest absolute Gasteiger partial charge is 0.381 e. The van der Waals surface area contributed by atoms with E-state index >= 15 is 0 Å². The molecule has 0 radical (unpaired) electrons. The number of rotatable bonds is 7. The van der Waals surface area contributed by atoms with E-state index in [0.717, 1.165) is 11.3 Å². The van der Waals surface area contributed by atoms with Gasteiger partial charge < -0.3 is 11.1 Å².